The van der Waals surface area contributed by atoms with Crippen LogP contribution in [0.15, 0.2) is 52.3 Å². The fourth-order valence-electron chi connectivity index (χ4n) is 1.92. The number of rotatable bonds is 5. The van der Waals surface area contributed by atoms with Gasteiger partial charge in [0.25, 0.3) is 0 Å². The second-order valence-electron chi connectivity index (χ2n) is 5.16. The highest BCUT2D eigenvalue weighted by atomic mass is 32.2. The molecule has 7 heteroatoms. The fourth-order valence-corrected chi connectivity index (χ4v) is 3.73. The molecule has 0 aliphatic carbocycles. The lowest BCUT2D eigenvalue weighted by Crippen LogP contribution is -2.10. The van der Waals surface area contributed by atoms with Gasteiger partial charge in [-0.2, -0.15) is 8.42 Å². The van der Waals surface area contributed by atoms with Gasteiger partial charge in [0.05, 0.1) is 10.6 Å². The Morgan fingerprint density at radius 1 is 0.826 bits per heavy atom. The minimum atomic E-state index is -4.01. The molecule has 0 spiro atoms. The first kappa shape index (κ1) is 17.5. The topological polar surface area (TPSA) is 77.5 Å². The van der Waals surface area contributed by atoms with Crippen LogP contribution in [0.5, 0.6) is 5.75 Å². The van der Waals surface area contributed by atoms with Gasteiger partial charge in [0.1, 0.15) is 10.6 Å². The molecule has 2 aromatic rings. The van der Waals surface area contributed by atoms with Crippen molar-refractivity contribution in [1.82, 2.24) is 0 Å². The molecule has 2 aromatic carbocycles. The first-order chi connectivity index (χ1) is 10.7. The van der Waals surface area contributed by atoms with Crippen molar-refractivity contribution in [3.63, 3.8) is 0 Å². The number of sulfone groups is 1. The Morgan fingerprint density at radius 3 is 1.91 bits per heavy atom. The molecule has 0 aromatic heterocycles. The molecule has 0 saturated carbocycles. The third-order valence-corrected chi connectivity index (χ3v) is 6.55. The quantitative estimate of drug-likeness (QED) is 0.772. The van der Waals surface area contributed by atoms with Crippen LogP contribution in [0.25, 0.3) is 0 Å². The summed E-state index contributed by atoms with van der Waals surface area (Å²) in [5, 5.41) is 0. The molecule has 0 unspecified atom stereocenters. The van der Waals surface area contributed by atoms with Crippen LogP contribution >= 0.6 is 0 Å². The Labute approximate surface area is 137 Å². The van der Waals surface area contributed by atoms with Crippen LogP contribution in [0.3, 0.4) is 0 Å². The van der Waals surface area contributed by atoms with Crippen LogP contribution in [0.2, 0.25) is 0 Å². The summed E-state index contributed by atoms with van der Waals surface area (Å²) in [6.07, 6.45) is 0. The van der Waals surface area contributed by atoms with E-state index in [4.69, 9.17) is 4.18 Å². The maximum atomic E-state index is 12.3. The van der Waals surface area contributed by atoms with Crippen molar-refractivity contribution in [2.24, 2.45) is 0 Å². The van der Waals surface area contributed by atoms with Gasteiger partial charge >= 0.3 is 10.1 Å². The van der Waals surface area contributed by atoms with Gasteiger partial charge in [-0.05, 0) is 61.4 Å². The fraction of sp³-hybridized carbons (Fsp3) is 0.250. The molecular formula is C16H18O5S2. The van der Waals surface area contributed by atoms with Crippen LogP contribution in [0, 0.1) is 13.8 Å². The van der Waals surface area contributed by atoms with Crippen molar-refractivity contribution >= 4 is 20.0 Å². The molecular weight excluding hydrogens is 336 g/mol. The summed E-state index contributed by atoms with van der Waals surface area (Å²) in [5.41, 5.74) is 1.95. The minimum Gasteiger partial charge on any atom is -0.379 e. The van der Waals surface area contributed by atoms with E-state index in [1.54, 1.807) is 18.2 Å². The Kier molecular flexibility index (Phi) is 4.81. The summed E-state index contributed by atoms with van der Waals surface area (Å²) >= 11 is 0. The molecule has 0 heterocycles. The van der Waals surface area contributed by atoms with Crippen molar-refractivity contribution in [2.75, 3.05) is 5.75 Å². The van der Waals surface area contributed by atoms with Gasteiger partial charge < -0.3 is 4.18 Å². The first-order valence-electron chi connectivity index (χ1n) is 7.00. The summed E-state index contributed by atoms with van der Waals surface area (Å²) in [7, 11) is -7.37. The first-order valence-corrected chi connectivity index (χ1v) is 10.1. The van der Waals surface area contributed by atoms with E-state index in [0.717, 1.165) is 11.1 Å². The van der Waals surface area contributed by atoms with E-state index in [1.165, 1.54) is 31.2 Å². The lowest BCUT2D eigenvalue weighted by Gasteiger charge is -2.09. The molecule has 5 nitrogen and oxygen atoms in total. The summed E-state index contributed by atoms with van der Waals surface area (Å²) in [6.45, 7) is 5.31. The highest BCUT2D eigenvalue weighted by molar-refractivity contribution is 7.91. The van der Waals surface area contributed by atoms with Crippen LogP contribution in [-0.2, 0) is 20.0 Å². The van der Waals surface area contributed by atoms with Gasteiger partial charge in [0, 0.05) is 0 Å². The predicted octanol–water partition coefficient (Wildman–Crippen LogP) is 2.86. The molecule has 0 aliphatic heterocycles. The second kappa shape index (κ2) is 6.33. The molecule has 23 heavy (non-hydrogen) atoms. The minimum absolute atomic E-state index is 0.0434. The normalized spacial score (nSPS) is 12.1. The maximum absolute atomic E-state index is 12.3. The van der Waals surface area contributed by atoms with E-state index in [1.807, 2.05) is 13.8 Å². The largest absolute Gasteiger partial charge is 0.379 e. The van der Waals surface area contributed by atoms with E-state index in [9.17, 15) is 16.8 Å². The zero-order chi connectivity index (χ0) is 17.3. The van der Waals surface area contributed by atoms with Crippen LogP contribution < -0.4 is 4.18 Å². The highest BCUT2D eigenvalue weighted by Crippen LogP contribution is 2.22. The van der Waals surface area contributed by atoms with Gasteiger partial charge in [-0.1, -0.05) is 13.0 Å². The lowest BCUT2D eigenvalue weighted by molar-refractivity contribution is 0.485. The molecule has 0 aliphatic rings. The Balaban J connectivity index is 2.31. The van der Waals surface area contributed by atoms with E-state index in [-0.39, 0.29) is 21.3 Å². The molecule has 0 saturated heterocycles. The van der Waals surface area contributed by atoms with Crippen molar-refractivity contribution in [1.29, 1.82) is 0 Å². The molecule has 0 atom stereocenters. The van der Waals surface area contributed by atoms with E-state index in [2.05, 4.69) is 0 Å². The number of aryl methyl sites for hydroxylation is 2. The average molecular weight is 354 g/mol. The summed E-state index contributed by atoms with van der Waals surface area (Å²) < 4.78 is 53.1. The van der Waals surface area contributed by atoms with Crippen LogP contribution in [0.1, 0.15) is 18.1 Å². The Morgan fingerprint density at radius 2 is 1.39 bits per heavy atom. The zero-order valence-corrected chi connectivity index (χ0v) is 14.7. The van der Waals surface area contributed by atoms with Crippen molar-refractivity contribution < 1.29 is 21.0 Å². The zero-order valence-electron chi connectivity index (χ0n) is 13.1. The average Bonchev–Trinajstić information content (AvgIpc) is 2.51. The molecule has 2 rings (SSSR count). The monoisotopic (exact) mass is 354 g/mol. The third-order valence-electron chi connectivity index (χ3n) is 3.54. The number of hydrogen-bond acceptors (Lipinski definition) is 5. The second-order valence-corrected chi connectivity index (χ2v) is 8.98. The van der Waals surface area contributed by atoms with E-state index in [0.29, 0.717) is 0 Å². The van der Waals surface area contributed by atoms with Crippen LogP contribution in [0.4, 0.5) is 0 Å². The molecule has 124 valence electrons. The molecule has 0 fully saturated rings. The molecule has 0 amide bonds. The SMILES string of the molecule is CCS(=O)(=O)c1ccc(S(=O)(=O)Oc2ccc(C)c(C)c2)cc1. The van der Waals surface area contributed by atoms with Gasteiger partial charge in [-0.25, -0.2) is 8.42 Å². The van der Waals surface area contributed by atoms with E-state index >= 15 is 0 Å². The van der Waals surface area contributed by atoms with E-state index < -0.39 is 20.0 Å². The number of hydrogen-bond donors (Lipinski definition) is 0. The van der Waals surface area contributed by atoms with Crippen molar-refractivity contribution in [3.8, 4) is 5.75 Å². The standard InChI is InChI=1S/C16H18O5S2/c1-4-22(17,18)15-7-9-16(10-8-15)23(19,20)21-14-6-5-12(2)13(3)11-14/h5-11H,4H2,1-3H3. The molecule has 0 N–H and O–H groups in total. The van der Waals surface area contributed by atoms with Gasteiger partial charge in [-0.3, -0.25) is 0 Å². The van der Waals surface area contributed by atoms with Gasteiger partial charge in [0.2, 0.25) is 0 Å². The Bertz CT molecular complexity index is 911. The van der Waals surface area contributed by atoms with Crippen molar-refractivity contribution in [2.45, 2.75) is 30.6 Å². The van der Waals surface area contributed by atoms with Gasteiger partial charge in [0.15, 0.2) is 9.84 Å². The number of benzene rings is 2. The Hall–Kier alpha value is -1.86. The highest BCUT2D eigenvalue weighted by Gasteiger charge is 2.19. The van der Waals surface area contributed by atoms with Crippen molar-refractivity contribution in [3.05, 3.63) is 53.6 Å². The van der Waals surface area contributed by atoms with Gasteiger partial charge in [-0.15, -0.1) is 0 Å². The lowest BCUT2D eigenvalue weighted by atomic mass is 10.1. The molecule has 0 bridgehead atoms. The predicted molar refractivity (Wildman–Crippen MR) is 87.9 cm³/mol. The maximum Gasteiger partial charge on any atom is 0.339 e. The summed E-state index contributed by atoms with van der Waals surface area (Å²) in [6, 6.07) is 10.0. The molecule has 0 radical (unpaired) electrons. The van der Waals surface area contributed by atoms with Crippen LogP contribution in [-0.4, -0.2) is 22.6 Å². The smallest absolute Gasteiger partial charge is 0.339 e. The summed E-state index contributed by atoms with van der Waals surface area (Å²) in [5.74, 6) is 0.177. The summed E-state index contributed by atoms with van der Waals surface area (Å²) in [4.78, 5) is -0.00379. The third kappa shape index (κ3) is 3.92.